The number of carbonyl (C=O) groups is 1. The molecule has 0 aliphatic rings. The monoisotopic (exact) mass is 275 g/mol. The second kappa shape index (κ2) is 5.65. The van der Waals surface area contributed by atoms with Crippen LogP contribution < -0.4 is 5.32 Å². The van der Waals surface area contributed by atoms with Gasteiger partial charge in [-0.05, 0) is 31.5 Å². The first-order chi connectivity index (χ1) is 8.33. The van der Waals surface area contributed by atoms with Gasteiger partial charge >= 0.3 is 0 Å². The van der Waals surface area contributed by atoms with Gasteiger partial charge in [0, 0.05) is 0 Å². The third kappa shape index (κ3) is 3.19. The number of aliphatic hydroxyl groups excluding tert-OH is 2. The van der Waals surface area contributed by atoms with Gasteiger partial charge < -0.3 is 15.5 Å². The zero-order valence-corrected chi connectivity index (χ0v) is 10.9. The summed E-state index contributed by atoms with van der Waals surface area (Å²) in [5, 5.41) is 20.6. The quantitative estimate of drug-likeness (QED) is 0.775. The first kappa shape index (κ1) is 14.9. The third-order valence-corrected chi connectivity index (χ3v) is 2.92. The van der Waals surface area contributed by atoms with Crippen LogP contribution in [0.15, 0.2) is 12.1 Å². The van der Waals surface area contributed by atoms with Gasteiger partial charge in [0.1, 0.15) is 5.82 Å². The maximum Gasteiger partial charge on any atom is 0.253 e. The molecule has 3 N–H and O–H groups in total. The molecule has 0 aliphatic heterocycles. The van der Waals surface area contributed by atoms with E-state index >= 15 is 0 Å². The maximum atomic E-state index is 13.2. The first-order valence-corrected chi connectivity index (χ1v) is 5.70. The fourth-order valence-electron chi connectivity index (χ4n) is 1.30. The van der Waals surface area contributed by atoms with Crippen molar-refractivity contribution in [2.24, 2.45) is 0 Å². The zero-order chi connectivity index (χ0) is 13.9. The van der Waals surface area contributed by atoms with Crippen molar-refractivity contribution in [3.05, 3.63) is 34.1 Å². The fourth-order valence-corrected chi connectivity index (χ4v) is 1.54. The molecule has 1 rings (SSSR count). The molecule has 100 valence electrons. The van der Waals surface area contributed by atoms with Crippen LogP contribution in [0.5, 0.6) is 0 Å². The van der Waals surface area contributed by atoms with Crippen molar-refractivity contribution in [3.8, 4) is 0 Å². The summed E-state index contributed by atoms with van der Waals surface area (Å²) in [6.07, 6.45) is 0. The predicted octanol–water partition coefficient (Wildman–Crippen LogP) is 1.26. The zero-order valence-electron chi connectivity index (χ0n) is 10.1. The fraction of sp³-hybridized carbons (Fsp3) is 0.417. The highest BCUT2D eigenvalue weighted by atomic mass is 35.5. The molecule has 18 heavy (non-hydrogen) atoms. The van der Waals surface area contributed by atoms with E-state index < -0.39 is 30.5 Å². The van der Waals surface area contributed by atoms with Crippen molar-refractivity contribution < 1.29 is 19.4 Å². The van der Waals surface area contributed by atoms with Crippen molar-refractivity contribution in [3.63, 3.8) is 0 Å². The van der Waals surface area contributed by atoms with Crippen molar-refractivity contribution >= 4 is 17.5 Å². The summed E-state index contributed by atoms with van der Waals surface area (Å²) in [6.45, 7) is 2.15. The summed E-state index contributed by atoms with van der Waals surface area (Å²) < 4.78 is 13.2. The molecule has 0 radical (unpaired) electrons. The Labute approximate surface area is 109 Å². The smallest absolute Gasteiger partial charge is 0.253 e. The van der Waals surface area contributed by atoms with Crippen LogP contribution in [0.25, 0.3) is 0 Å². The Balaban J connectivity index is 3.01. The van der Waals surface area contributed by atoms with Gasteiger partial charge in [0.15, 0.2) is 0 Å². The van der Waals surface area contributed by atoms with Gasteiger partial charge in [-0.3, -0.25) is 4.79 Å². The first-order valence-electron chi connectivity index (χ1n) is 5.33. The number of carbonyl (C=O) groups excluding carboxylic acids is 1. The van der Waals surface area contributed by atoms with Crippen LogP contribution in [0, 0.1) is 12.7 Å². The molecule has 6 heteroatoms. The van der Waals surface area contributed by atoms with Gasteiger partial charge in [-0.15, -0.1) is 0 Å². The van der Waals surface area contributed by atoms with Crippen LogP contribution in [0.2, 0.25) is 5.02 Å². The summed E-state index contributed by atoms with van der Waals surface area (Å²) in [7, 11) is 0. The maximum absolute atomic E-state index is 13.2. The summed E-state index contributed by atoms with van der Waals surface area (Å²) >= 11 is 5.79. The molecule has 4 nitrogen and oxygen atoms in total. The second-order valence-electron chi connectivity index (χ2n) is 4.41. The topological polar surface area (TPSA) is 69.6 Å². The standard InChI is InChI=1S/C12H15ClFNO3/c1-7-3-8(9(13)4-10(7)14)11(18)15-12(2,5-16)6-17/h3-4,16-17H,5-6H2,1-2H3,(H,15,18). The number of halogens is 2. The summed E-state index contributed by atoms with van der Waals surface area (Å²) in [6, 6.07) is 2.38. The van der Waals surface area contributed by atoms with Gasteiger partial charge in [-0.2, -0.15) is 0 Å². The Hall–Kier alpha value is -1.17. The Morgan fingerprint density at radius 1 is 1.44 bits per heavy atom. The lowest BCUT2D eigenvalue weighted by Crippen LogP contribution is -2.51. The lowest BCUT2D eigenvalue weighted by molar-refractivity contribution is 0.0724. The average Bonchev–Trinajstić information content (AvgIpc) is 2.33. The van der Waals surface area contributed by atoms with E-state index in [4.69, 9.17) is 21.8 Å². The van der Waals surface area contributed by atoms with Gasteiger partial charge in [-0.1, -0.05) is 11.6 Å². The van der Waals surface area contributed by atoms with Crippen molar-refractivity contribution in [1.29, 1.82) is 0 Å². The molecular weight excluding hydrogens is 261 g/mol. The molecule has 0 bridgehead atoms. The Morgan fingerprint density at radius 3 is 2.50 bits per heavy atom. The lowest BCUT2D eigenvalue weighted by atomic mass is 10.0. The van der Waals surface area contributed by atoms with Crippen LogP contribution in [0.3, 0.4) is 0 Å². The molecule has 0 heterocycles. The van der Waals surface area contributed by atoms with Crippen molar-refractivity contribution in [2.45, 2.75) is 19.4 Å². The van der Waals surface area contributed by atoms with E-state index in [1.807, 2.05) is 0 Å². The number of aryl methyl sites for hydroxylation is 1. The van der Waals surface area contributed by atoms with E-state index in [-0.39, 0.29) is 10.6 Å². The number of nitrogens with one attached hydrogen (secondary N) is 1. The highest BCUT2D eigenvalue weighted by molar-refractivity contribution is 6.33. The highest BCUT2D eigenvalue weighted by Crippen LogP contribution is 2.21. The third-order valence-electron chi connectivity index (χ3n) is 2.61. The molecule has 0 atom stereocenters. The van der Waals surface area contributed by atoms with Gasteiger partial charge in [-0.25, -0.2) is 4.39 Å². The van der Waals surface area contributed by atoms with E-state index in [9.17, 15) is 9.18 Å². The number of aliphatic hydroxyl groups is 2. The van der Waals surface area contributed by atoms with Gasteiger partial charge in [0.05, 0.1) is 29.3 Å². The molecule has 0 spiro atoms. The minimum absolute atomic E-state index is 0.0196. The molecule has 1 aromatic rings. The normalized spacial score (nSPS) is 11.4. The average molecular weight is 276 g/mol. The SMILES string of the molecule is Cc1cc(C(=O)NC(C)(CO)CO)c(Cl)cc1F. The van der Waals surface area contributed by atoms with Crippen LogP contribution in [0.4, 0.5) is 4.39 Å². The second-order valence-corrected chi connectivity index (χ2v) is 4.82. The molecule has 0 saturated carbocycles. The summed E-state index contributed by atoms with van der Waals surface area (Å²) in [5.41, 5.74) is -0.758. The minimum atomic E-state index is -1.15. The largest absolute Gasteiger partial charge is 0.394 e. The number of benzene rings is 1. The van der Waals surface area contributed by atoms with Crippen LogP contribution in [-0.4, -0.2) is 34.9 Å². The molecule has 1 aromatic carbocycles. The molecule has 0 fully saturated rings. The van der Waals surface area contributed by atoms with Gasteiger partial charge in [0.25, 0.3) is 5.91 Å². The van der Waals surface area contributed by atoms with E-state index in [0.717, 1.165) is 6.07 Å². The Kier molecular flexibility index (Phi) is 4.67. The summed E-state index contributed by atoms with van der Waals surface area (Å²) in [4.78, 5) is 11.9. The Bertz CT molecular complexity index is 461. The predicted molar refractivity (Wildman–Crippen MR) is 66.2 cm³/mol. The van der Waals surface area contributed by atoms with Crippen molar-refractivity contribution in [2.75, 3.05) is 13.2 Å². The molecule has 0 aromatic heterocycles. The van der Waals surface area contributed by atoms with Crippen LogP contribution in [-0.2, 0) is 0 Å². The van der Waals surface area contributed by atoms with Crippen LogP contribution >= 0.6 is 11.6 Å². The molecule has 0 saturated heterocycles. The number of amides is 1. The molecular formula is C12H15ClFNO3. The van der Waals surface area contributed by atoms with Crippen molar-refractivity contribution in [1.82, 2.24) is 5.32 Å². The Morgan fingerprint density at radius 2 is 2.00 bits per heavy atom. The molecule has 0 unspecified atom stereocenters. The molecule has 1 amide bonds. The number of hydrogen-bond acceptors (Lipinski definition) is 3. The minimum Gasteiger partial charge on any atom is -0.394 e. The summed E-state index contributed by atoms with van der Waals surface area (Å²) in [5.74, 6) is -1.07. The van der Waals surface area contributed by atoms with E-state index in [0.29, 0.717) is 5.56 Å². The number of hydrogen-bond donors (Lipinski definition) is 3. The molecule has 0 aliphatic carbocycles. The van der Waals surface area contributed by atoms with E-state index in [1.165, 1.54) is 19.9 Å². The van der Waals surface area contributed by atoms with E-state index in [2.05, 4.69) is 5.32 Å². The van der Waals surface area contributed by atoms with E-state index in [1.54, 1.807) is 0 Å². The van der Waals surface area contributed by atoms with Gasteiger partial charge in [0.2, 0.25) is 0 Å². The highest BCUT2D eigenvalue weighted by Gasteiger charge is 2.26. The van der Waals surface area contributed by atoms with Crippen LogP contribution in [0.1, 0.15) is 22.8 Å². The lowest BCUT2D eigenvalue weighted by Gasteiger charge is -2.26. The number of rotatable bonds is 4.